The van der Waals surface area contributed by atoms with E-state index in [0.717, 1.165) is 22.3 Å². The molecule has 1 aliphatic heterocycles. The standard InChI is InChI=1S/C16H18N8OS/c1-17-8-16(9-23(10-16)26(3,25)18-2)24-7-12(6-22-24)14-13-4-5-19-15(13)21-11-20-14/h4-7,11H,8-10H2,2-3H3,(H,19,20,21)/t26-/m0/s1. The van der Waals surface area contributed by atoms with Crippen LogP contribution in [0.4, 0.5) is 0 Å². The molecule has 0 aromatic carbocycles. The summed E-state index contributed by atoms with van der Waals surface area (Å²) < 4.78 is 20.0. The Balaban J connectivity index is 1.70. The van der Waals surface area contributed by atoms with Crippen LogP contribution in [0.1, 0.15) is 0 Å². The molecule has 9 nitrogen and oxygen atoms in total. The van der Waals surface area contributed by atoms with E-state index < -0.39 is 15.5 Å². The zero-order valence-corrected chi connectivity index (χ0v) is 15.3. The highest BCUT2D eigenvalue weighted by atomic mass is 32.2. The molecule has 1 saturated heterocycles. The number of aromatic nitrogens is 5. The Morgan fingerprint density at radius 1 is 1.46 bits per heavy atom. The van der Waals surface area contributed by atoms with Gasteiger partial charge in [-0.25, -0.2) is 29.4 Å². The maximum atomic E-state index is 12.4. The van der Waals surface area contributed by atoms with Crippen LogP contribution in [0.25, 0.3) is 27.1 Å². The molecule has 0 bridgehead atoms. The van der Waals surface area contributed by atoms with Gasteiger partial charge in [-0.3, -0.25) is 4.68 Å². The summed E-state index contributed by atoms with van der Waals surface area (Å²) in [4.78, 5) is 15.2. The second-order valence-corrected chi connectivity index (χ2v) is 8.83. The summed E-state index contributed by atoms with van der Waals surface area (Å²) in [6.07, 6.45) is 8.60. The fraction of sp³-hybridized carbons (Fsp3) is 0.375. The fourth-order valence-corrected chi connectivity index (χ4v) is 4.43. The van der Waals surface area contributed by atoms with E-state index in [4.69, 9.17) is 6.57 Å². The number of H-pyrrole nitrogens is 1. The second-order valence-electron chi connectivity index (χ2n) is 6.42. The minimum Gasteiger partial charge on any atom is -0.346 e. The van der Waals surface area contributed by atoms with Crippen LogP contribution in [-0.4, -0.2) is 66.2 Å². The molecule has 0 unspecified atom stereocenters. The molecule has 0 radical (unpaired) electrons. The average Bonchev–Trinajstić information content (AvgIpc) is 3.26. The molecule has 10 heteroatoms. The molecule has 1 atom stereocenters. The molecule has 0 spiro atoms. The lowest BCUT2D eigenvalue weighted by molar-refractivity contribution is 0.0872. The minimum absolute atomic E-state index is 0.271. The average molecular weight is 370 g/mol. The van der Waals surface area contributed by atoms with E-state index in [1.165, 1.54) is 6.33 Å². The molecule has 3 aromatic rings. The van der Waals surface area contributed by atoms with Gasteiger partial charge in [0.25, 0.3) is 0 Å². The molecule has 26 heavy (non-hydrogen) atoms. The molecular weight excluding hydrogens is 352 g/mol. The van der Waals surface area contributed by atoms with Crippen molar-refractivity contribution in [1.82, 2.24) is 29.0 Å². The maximum Gasteiger partial charge on any atom is 0.242 e. The highest BCUT2D eigenvalue weighted by Crippen LogP contribution is 2.33. The van der Waals surface area contributed by atoms with Crippen LogP contribution < -0.4 is 0 Å². The summed E-state index contributed by atoms with van der Waals surface area (Å²) in [6.45, 7) is 8.54. The summed E-state index contributed by atoms with van der Waals surface area (Å²) >= 11 is 0. The molecule has 0 saturated carbocycles. The third kappa shape index (κ3) is 2.48. The van der Waals surface area contributed by atoms with Gasteiger partial charge in [-0.05, 0) is 6.07 Å². The number of hydrogen-bond donors (Lipinski definition) is 1. The van der Waals surface area contributed by atoms with Crippen molar-refractivity contribution in [2.75, 3.05) is 32.9 Å². The van der Waals surface area contributed by atoms with E-state index in [9.17, 15) is 4.21 Å². The Labute approximate surface area is 151 Å². The third-order valence-electron chi connectivity index (χ3n) is 4.83. The summed E-state index contributed by atoms with van der Waals surface area (Å²) in [5.41, 5.74) is 1.92. The first-order valence-corrected chi connectivity index (χ1v) is 9.89. The normalized spacial score (nSPS) is 18.8. The number of fused-ring (bicyclic) bond motifs is 1. The van der Waals surface area contributed by atoms with Crippen LogP contribution in [-0.2, 0) is 15.5 Å². The molecule has 0 amide bonds. The highest BCUT2D eigenvalue weighted by molar-refractivity contribution is 7.90. The number of aromatic amines is 1. The predicted molar refractivity (Wildman–Crippen MR) is 98.5 cm³/mol. The van der Waals surface area contributed by atoms with Crippen molar-refractivity contribution in [3.05, 3.63) is 42.4 Å². The Hall–Kier alpha value is -2.77. The van der Waals surface area contributed by atoms with E-state index in [0.29, 0.717) is 13.1 Å². The molecule has 4 heterocycles. The van der Waals surface area contributed by atoms with Crippen LogP contribution in [0.5, 0.6) is 0 Å². The van der Waals surface area contributed by atoms with Gasteiger partial charge in [-0.2, -0.15) is 5.10 Å². The lowest BCUT2D eigenvalue weighted by Crippen LogP contribution is -2.65. The van der Waals surface area contributed by atoms with Gasteiger partial charge in [-0.1, -0.05) is 0 Å². The fourth-order valence-electron chi connectivity index (χ4n) is 3.24. The van der Waals surface area contributed by atoms with E-state index in [2.05, 4.69) is 29.3 Å². The summed E-state index contributed by atoms with van der Waals surface area (Å²) in [5, 5.41) is 5.41. The first-order valence-electron chi connectivity index (χ1n) is 8.01. The Kier molecular flexibility index (Phi) is 3.78. The molecule has 1 aliphatic rings. The van der Waals surface area contributed by atoms with Crippen molar-refractivity contribution >= 4 is 20.9 Å². The first-order chi connectivity index (χ1) is 12.5. The van der Waals surface area contributed by atoms with Crippen LogP contribution in [0.2, 0.25) is 0 Å². The van der Waals surface area contributed by atoms with Crippen molar-refractivity contribution in [1.29, 1.82) is 0 Å². The zero-order chi connectivity index (χ0) is 18.4. The predicted octanol–water partition coefficient (Wildman–Crippen LogP) is 1.39. The maximum absolute atomic E-state index is 12.4. The quantitative estimate of drug-likeness (QED) is 0.702. The lowest BCUT2D eigenvalue weighted by atomic mass is 9.92. The minimum atomic E-state index is -2.39. The summed E-state index contributed by atoms with van der Waals surface area (Å²) in [7, 11) is -0.830. The molecule has 1 N–H and O–H groups in total. The van der Waals surface area contributed by atoms with Crippen molar-refractivity contribution in [3.8, 4) is 11.3 Å². The molecule has 1 fully saturated rings. The van der Waals surface area contributed by atoms with Gasteiger partial charge < -0.3 is 9.83 Å². The molecular formula is C16H18N8OS. The van der Waals surface area contributed by atoms with E-state index in [1.807, 2.05) is 23.1 Å². The number of rotatable bonds is 4. The van der Waals surface area contributed by atoms with Gasteiger partial charge in [-0.15, -0.1) is 0 Å². The molecule has 3 aromatic heterocycles. The van der Waals surface area contributed by atoms with Crippen LogP contribution in [0.3, 0.4) is 0 Å². The first kappa shape index (κ1) is 16.7. The Bertz CT molecular complexity index is 1120. The monoisotopic (exact) mass is 370 g/mol. The van der Waals surface area contributed by atoms with Crippen LogP contribution >= 0.6 is 0 Å². The van der Waals surface area contributed by atoms with E-state index in [-0.39, 0.29) is 6.54 Å². The van der Waals surface area contributed by atoms with Gasteiger partial charge in [0, 0.05) is 49.7 Å². The van der Waals surface area contributed by atoms with Gasteiger partial charge in [0.15, 0.2) is 5.54 Å². The van der Waals surface area contributed by atoms with Crippen molar-refractivity contribution in [2.24, 2.45) is 4.36 Å². The number of nitrogens with one attached hydrogen (secondary N) is 1. The van der Waals surface area contributed by atoms with Crippen LogP contribution in [0, 0.1) is 6.57 Å². The molecule has 0 aliphatic carbocycles. The third-order valence-corrected chi connectivity index (χ3v) is 6.72. The van der Waals surface area contributed by atoms with Gasteiger partial charge in [0.1, 0.15) is 21.9 Å². The molecule has 134 valence electrons. The SMILES string of the molecule is [C-]#[N+]CC1(n2cc(-c3ncnc4[nH]ccc34)cn2)CN([S@@](C)(=O)=NC)C1. The lowest BCUT2D eigenvalue weighted by Gasteiger charge is -2.46. The van der Waals surface area contributed by atoms with E-state index >= 15 is 0 Å². The number of hydrogen-bond acceptors (Lipinski definition) is 5. The zero-order valence-electron chi connectivity index (χ0n) is 14.5. The van der Waals surface area contributed by atoms with Gasteiger partial charge in [0.05, 0.1) is 11.9 Å². The number of nitrogens with zero attached hydrogens (tertiary/aromatic N) is 7. The Morgan fingerprint density at radius 3 is 3.00 bits per heavy atom. The van der Waals surface area contributed by atoms with Crippen LogP contribution in [0.15, 0.2) is 35.3 Å². The van der Waals surface area contributed by atoms with Crippen molar-refractivity contribution in [3.63, 3.8) is 0 Å². The largest absolute Gasteiger partial charge is 0.346 e. The second kappa shape index (κ2) is 5.89. The Morgan fingerprint density at radius 2 is 2.27 bits per heavy atom. The van der Waals surface area contributed by atoms with Gasteiger partial charge >= 0.3 is 0 Å². The smallest absolute Gasteiger partial charge is 0.242 e. The highest BCUT2D eigenvalue weighted by Gasteiger charge is 2.51. The van der Waals surface area contributed by atoms with Crippen molar-refractivity contribution in [2.45, 2.75) is 5.54 Å². The summed E-state index contributed by atoms with van der Waals surface area (Å²) in [6, 6.07) is 1.93. The topological polar surface area (TPSA) is 96.4 Å². The summed E-state index contributed by atoms with van der Waals surface area (Å²) in [5.74, 6) is 0. The van der Waals surface area contributed by atoms with E-state index in [1.54, 1.807) is 23.8 Å². The van der Waals surface area contributed by atoms with Gasteiger partial charge in [0.2, 0.25) is 6.54 Å². The van der Waals surface area contributed by atoms with Crippen molar-refractivity contribution < 1.29 is 4.21 Å². The molecule has 4 rings (SSSR count).